The molecule has 1 heterocycles. The summed E-state index contributed by atoms with van der Waals surface area (Å²) < 4.78 is 31.4. The van der Waals surface area contributed by atoms with E-state index in [1.165, 1.54) is 24.3 Å². The van der Waals surface area contributed by atoms with Gasteiger partial charge in [0, 0.05) is 35.7 Å². The van der Waals surface area contributed by atoms with E-state index >= 15 is 8.78 Å². The number of hydrogen-bond donors (Lipinski definition) is 6. The molecule has 1 amide bonds. The number of allylic oxidation sites excluding steroid dienone is 2. The molecule has 4 rings (SSSR count). The number of nitrogens with one attached hydrogen (secondary N) is 2. The van der Waals surface area contributed by atoms with Crippen LogP contribution in [0.2, 0.25) is 10.0 Å². The maximum atomic E-state index is 15.7. The smallest absolute Gasteiger partial charge is 0.237 e. The van der Waals surface area contributed by atoms with Gasteiger partial charge < -0.3 is 31.7 Å². The number of amides is 1. The van der Waals surface area contributed by atoms with Crippen molar-refractivity contribution in [3.8, 4) is 0 Å². The third-order valence-corrected chi connectivity index (χ3v) is 8.85. The van der Waals surface area contributed by atoms with Crippen LogP contribution < -0.4 is 16.4 Å². The Kier molecular flexibility index (Phi) is 9.88. The van der Waals surface area contributed by atoms with E-state index < -0.39 is 59.2 Å². The lowest BCUT2D eigenvalue weighted by Crippen LogP contribution is -2.53. The number of carbonyl (C=O) groups is 1. The number of aliphatic hydroxyl groups is 3. The first kappa shape index (κ1) is 30.8. The van der Waals surface area contributed by atoms with Crippen LogP contribution in [0, 0.1) is 17.0 Å². The number of benzene rings is 2. The minimum atomic E-state index is -1.67. The lowest BCUT2D eigenvalue weighted by Gasteiger charge is -2.42. The van der Waals surface area contributed by atoms with Gasteiger partial charge >= 0.3 is 0 Å². The fraction of sp³-hybridized carbons (Fsp3) is 0.483. The molecule has 11 heteroatoms. The number of halogens is 4. The quantitative estimate of drug-likeness (QED) is 0.233. The maximum absolute atomic E-state index is 15.7. The molecule has 218 valence electrons. The van der Waals surface area contributed by atoms with Crippen molar-refractivity contribution in [2.45, 2.75) is 61.7 Å². The minimum absolute atomic E-state index is 0.0341. The molecule has 0 saturated carbocycles. The number of rotatable bonds is 10. The van der Waals surface area contributed by atoms with E-state index in [2.05, 4.69) is 10.6 Å². The molecule has 1 aliphatic carbocycles. The molecule has 2 aliphatic rings. The van der Waals surface area contributed by atoms with Gasteiger partial charge in [-0.1, -0.05) is 53.6 Å². The predicted molar refractivity (Wildman–Crippen MR) is 150 cm³/mol. The fourth-order valence-electron chi connectivity index (χ4n) is 6.12. The van der Waals surface area contributed by atoms with Gasteiger partial charge in [-0.05, 0) is 61.3 Å². The van der Waals surface area contributed by atoms with E-state index in [0.29, 0.717) is 12.8 Å². The fourth-order valence-corrected chi connectivity index (χ4v) is 6.46. The number of carbonyl (C=O) groups excluding carboxylic acids is 1. The van der Waals surface area contributed by atoms with E-state index in [1.807, 2.05) is 12.2 Å². The summed E-state index contributed by atoms with van der Waals surface area (Å²) >= 11 is 12.2. The van der Waals surface area contributed by atoms with Gasteiger partial charge in [-0.2, -0.15) is 0 Å². The molecular weight excluding hydrogens is 563 g/mol. The summed E-state index contributed by atoms with van der Waals surface area (Å²) in [4.78, 5) is 13.6. The van der Waals surface area contributed by atoms with Crippen LogP contribution in [0.25, 0.3) is 0 Å². The SMILES string of the molecule is NC1(c2ccc(Cl)cc2F)C(CC2(CO)CC=CCC2)NC(C(=O)NCCC(O)CO)C1c1cccc(Cl)c1F. The monoisotopic (exact) mass is 597 g/mol. The van der Waals surface area contributed by atoms with Crippen LogP contribution in [-0.2, 0) is 10.3 Å². The van der Waals surface area contributed by atoms with Crippen molar-refractivity contribution in [2.75, 3.05) is 19.8 Å². The van der Waals surface area contributed by atoms with Crippen LogP contribution in [-0.4, -0.2) is 59.2 Å². The van der Waals surface area contributed by atoms with Gasteiger partial charge in [0.1, 0.15) is 11.6 Å². The molecule has 7 nitrogen and oxygen atoms in total. The molecule has 0 spiro atoms. The molecule has 7 N–H and O–H groups in total. The second kappa shape index (κ2) is 12.8. The Labute approximate surface area is 242 Å². The highest BCUT2D eigenvalue weighted by molar-refractivity contribution is 6.31. The van der Waals surface area contributed by atoms with Crippen molar-refractivity contribution in [1.82, 2.24) is 10.6 Å². The van der Waals surface area contributed by atoms with E-state index in [0.717, 1.165) is 12.5 Å². The summed E-state index contributed by atoms with van der Waals surface area (Å²) in [6.07, 6.45) is 5.32. The summed E-state index contributed by atoms with van der Waals surface area (Å²) in [5.41, 5.74) is 5.04. The highest BCUT2D eigenvalue weighted by Crippen LogP contribution is 2.51. The lowest BCUT2D eigenvalue weighted by atomic mass is 9.65. The molecule has 0 bridgehead atoms. The summed E-state index contributed by atoms with van der Waals surface area (Å²) in [6, 6.07) is 6.57. The zero-order valence-electron chi connectivity index (χ0n) is 21.9. The molecule has 1 aliphatic heterocycles. The van der Waals surface area contributed by atoms with Crippen LogP contribution in [0.15, 0.2) is 48.6 Å². The van der Waals surface area contributed by atoms with E-state index in [4.69, 9.17) is 34.0 Å². The summed E-state index contributed by atoms with van der Waals surface area (Å²) in [7, 11) is 0. The first-order valence-corrected chi connectivity index (χ1v) is 14.1. The molecule has 0 aromatic heterocycles. The molecule has 2 aromatic carbocycles. The highest BCUT2D eigenvalue weighted by Gasteiger charge is 2.59. The predicted octanol–water partition coefficient (Wildman–Crippen LogP) is 3.52. The Hall–Kier alpha value is -2.11. The Morgan fingerprint density at radius 1 is 1.20 bits per heavy atom. The summed E-state index contributed by atoms with van der Waals surface area (Å²) in [6.45, 7) is -0.581. The molecule has 6 unspecified atom stereocenters. The van der Waals surface area contributed by atoms with E-state index in [-0.39, 0.29) is 47.2 Å². The van der Waals surface area contributed by atoms with Crippen molar-refractivity contribution >= 4 is 29.1 Å². The lowest BCUT2D eigenvalue weighted by molar-refractivity contribution is -0.123. The topological polar surface area (TPSA) is 128 Å². The zero-order chi connectivity index (χ0) is 29.1. The van der Waals surface area contributed by atoms with Crippen LogP contribution in [0.4, 0.5) is 8.78 Å². The largest absolute Gasteiger partial charge is 0.396 e. The highest BCUT2D eigenvalue weighted by atomic mass is 35.5. The van der Waals surface area contributed by atoms with Crippen molar-refractivity contribution < 1.29 is 28.9 Å². The number of nitrogens with two attached hydrogens (primary N) is 1. The van der Waals surface area contributed by atoms with Gasteiger partial charge in [0.15, 0.2) is 0 Å². The average molecular weight is 599 g/mol. The summed E-state index contributed by atoms with van der Waals surface area (Å²) in [5, 5.41) is 35.3. The van der Waals surface area contributed by atoms with Crippen LogP contribution in [0.5, 0.6) is 0 Å². The third kappa shape index (κ3) is 6.06. The Balaban J connectivity index is 1.86. The molecule has 0 radical (unpaired) electrons. The minimum Gasteiger partial charge on any atom is -0.396 e. The molecule has 40 heavy (non-hydrogen) atoms. The number of aliphatic hydroxyl groups excluding tert-OH is 3. The van der Waals surface area contributed by atoms with Crippen LogP contribution >= 0.6 is 23.2 Å². The van der Waals surface area contributed by atoms with Gasteiger partial charge in [-0.3, -0.25) is 4.79 Å². The molecule has 1 saturated heterocycles. The number of hydrogen-bond acceptors (Lipinski definition) is 6. The Bertz CT molecular complexity index is 1250. The van der Waals surface area contributed by atoms with Crippen LogP contribution in [0.1, 0.15) is 49.1 Å². The molecule has 2 aromatic rings. The first-order valence-electron chi connectivity index (χ1n) is 13.3. The summed E-state index contributed by atoms with van der Waals surface area (Å²) in [5.74, 6) is -3.14. The van der Waals surface area contributed by atoms with Crippen molar-refractivity contribution in [3.63, 3.8) is 0 Å². The first-order chi connectivity index (χ1) is 19.1. The third-order valence-electron chi connectivity index (χ3n) is 8.32. The maximum Gasteiger partial charge on any atom is 0.237 e. The normalized spacial score (nSPS) is 28.9. The van der Waals surface area contributed by atoms with Gasteiger partial charge in [-0.15, -0.1) is 0 Å². The molecular formula is C29H35Cl2F2N3O4. The molecule has 1 fully saturated rings. The Morgan fingerprint density at radius 3 is 2.62 bits per heavy atom. The van der Waals surface area contributed by atoms with Crippen molar-refractivity contribution in [3.05, 3.63) is 81.4 Å². The second-order valence-electron chi connectivity index (χ2n) is 10.9. The zero-order valence-corrected chi connectivity index (χ0v) is 23.4. The Morgan fingerprint density at radius 2 is 1.98 bits per heavy atom. The average Bonchev–Trinajstić information content (AvgIpc) is 3.22. The second-order valence-corrected chi connectivity index (χ2v) is 11.7. The van der Waals surface area contributed by atoms with Crippen molar-refractivity contribution in [1.29, 1.82) is 0 Å². The van der Waals surface area contributed by atoms with Gasteiger partial charge in [0.25, 0.3) is 0 Å². The van der Waals surface area contributed by atoms with Gasteiger partial charge in [0.2, 0.25) is 5.91 Å². The van der Waals surface area contributed by atoms with Crippen molar-refractivity contribution in [2.24, 2.45) is 11.1 Å². The van der Waals surface area contributed by atoms with Crippen LogP contribution in [0.3, 0.4) is 0 Å². The van der Waals surface area contributed by atoms with Gasteiger partial charge in [0.05, 0.1) is 29.3 Å². The molecule has 6 atom stereocenters. The van der Waals surface area contributed by atoms with Gasteiger partial charge in [-0.25, -0.2) is 8.78 Å². The van der Waals surface area contributed by atoms with E-state index in [1.54, 1.807) is 6.07 Å². The standard InChI is InChI=1S/C29H35Cl2F2N3O4/c30-17-7-8-20(22(32)13-17)29(34)23(14-28(16-38)10-2-1-3-11-28)36-26(27(40)35-12-9-18(39)15-37)24(29)19-5-4-6-21(31)25(19)33/h1-2,4-8,13,18,23-24,26,36-39H,3,9-12,14-16,34H2,(H,35,40). The van der Waals surface area contributed by atoms with E-state index in [9.17, 15) is 15.0 Å².